The zero-order valence-corrected chi connectivity index (χ0v) is 19.3. The van der Waals surface area contributed by atoms with Crippen LogP contribution in [0.4, 0.5) is 16.2 Å². The molecule has 1 heterocycles. The molecule has 178 valence electrons. The van der Waals surface area contributed by atoms with Crippen LogP contribution in [0.2, 0.25) is 0 Å². The number of anilines is 2. The summed E-state index contributed by atoms with van der Waals surface area (Å²) in [5.74, 6) is 0.442. The van der Waals surface area contributed by atoms with Gasteiger partial charge in [0.1, 0.15) is 5.75 Å². The van der Waals surface area contributed by atoms with Gasteiger partial charge in [-0.25, -0.2) is 4.79 Å². The van der Waals surface area contributed by atoms with E-state index in [0.29, 0.717) is 63.8 Å². The first-order valence-corrected chi connectivity index (χ1v) is 11.3. The van der Waals surface area contributed by atoms with E-state index in [1.165, 1.54) is 0 Å². The Morgan fingerprint density at radius 3 is 2.52 bits per heavy atom. The van der Waals surface area contributed by atoms with Crippen LogP contribution in [-0.4, -0.2) is 56.9 Å². The van der Waals surface area contributed by atoms with Crippen molar-refractivity contribution in [2.75, 3.05) is 50.7 Å². The molecule has 8 nitrogen and oxygen atoms in total. The summed E-state index contributed by atoms with van der Waals surface area (Å²) in [6.45, 7) is 5.24. The Bertz CT molecular complexity index is 912. The molecule has 0 aromatic heterocycles. The molecule has 0 bridgehead atoms. The fourth-order valence-electron chi connectivity index (χ4n) is 3.72. The van der Waals surface area contributed by atoms with Crippen LogP contribution >= 0.6 is 0 Å². The lowest BCUT2D eigenvalue weighted by Crippen LogP contribution is -2.43. The molecule has 8 heteroatoms. The number of nitrogens with one attached hydrogen (secondary N) is 2. The van der Waals surface area contributed by atoms with Crippen LogP contribution in [0.1, 0.15) is 25.3 Å². The first-order valence-electron chi connectivity index (χ1n) is 11.3. The quantitative estimate of drug-likeness (QED) is 0.526. The van der Waals surface area contributed by atoms with Crippen LogP contribution in [0.15, 0.2) is 48.5 Å². The lowest BCUT2D eigenvalue weighted by Gasteiger charge is -2.31. The molecule has 2 aromatic rings. The number of methoxy groups -OCH3 is 1. The topological polar surface area (TPSA) is 89.1 Å². The van der Waals surface area contributed by atoms with E-state index in [0.717, 1.165) is 11.3 Å². The molecule has 1 aliphatic heterocycles. The molecule has 33 heavy (non-hydrogen) atoms. The summed E-state index contributed by atoms with van der Waals surface area (Å²) in [7, 11) is 1.58. The van der Waals surface area contributed by atoms with E-state index in [4.69, 9.17) is 14.2 Å². The summed E-state index contributed by atoms with van der Waals surface area (Å²) in [6, 6.07) is 14.8. The van der Waals surface area contributed by atoms with Gasteiger partial charge in [0, 0.05) is 31.3 Å². The van der Waals surface area contributed by atoms with E-state index >= 15 is 0 Å². The van der Waals surface area contributed by atoms with E-state index in [2.05, 4.69) is 10.6 Å². The first kappa shape index (κ1) is 24.5. The Kier molecular flexibility index (Phi) is 9.53. The molecule has 0 saturated carbocycles. The number of piperidine rings is 1. The van der Waals surface area contributed by atoms with Crippen LogP contribution in [-0.2, 0) is 20.9 Å². The van der Waals surface area contributed by atoms with Gasteiger partial charge in [-0.1, -0.05) is 24.3 Å². The lowest BCUT2D eigenvalue weighted by molar-refractivity contribution is -0.121. The maximum absolute atomic E-state index is 12.7. The normalized spacial score (nSPS) is 14.1. The molecule has 1 fully saturated rings. The number of benzene rings is 2. The Morgan fingerprint density at radius 1 is 1.00 bits per heavy atom. The van der Waals surface area contributed by atoms with Crippen molar-refractivity contribution in [3.63, 3.8) is 0 Å². The predicted molar refractivity (Wildman–Crippen MR) is 128 cm³/mol. The van der Waals surface area contributed by atoms with Gasteiger partial charge >= 0.3 is 6.03 Å². The number of ether oxygens (including phenoxy) is 3. The molecule has 1 aliphatic rings. The SMILES string of the molecule is CCOCCOCc1cccc(NC(=O)N2CCC(C(=O)Nc3ccccc3OC)CC2)c1. The average Bonchev–Trinajstić information content (AvgIpc) is 2.84. The molecule has 0 aliphatic carbocycles. The number of para-hydroxylation sites is 2. The van der Waals surface area contributed by atoms with Gasteiger partial charge in [-0.05, 0) is 49.6 Å². The van der Waals surface area contributed by atoms with Crippen LogP contribution in [0, 0.1) is 5.92 Å². The number of likely N-dealkylation sites (tertiary alicyclic amines) is 1. The Balaban J connectivity index is 1.44. The molecule has 0 unspecified atom stereocenters. The largest absolute Gasteiger partial charge is 0.495 e. The summed E-state index contributed by atoms with van der Waals surface area (Å²) >= 11 is 0. The van der Waals surface area contributed by atoms with Crippen molar-refractivity contribution >= 4 is 23.3 Å². The second-order valence-electron chi connectivity index (χ2n) is 7.83. The summed E-state index contributed by atoms with van der Waals surface area (Å²) in [5.41, 5.74) is 2.37. The van der Waals surface area contributed by atoms with Gasteiger partial charge in [0.25, 0.3) is 0 Å². The number of carbonyl (C=O) groups is 2. The molecule has 2 N–H and O–H groups in total. The van der Waals surface area contributed by atoms with Crippen LogP contribution in [0.5, 0.6) is 5.75 Å². The first-order chi connectivity index (χ1) is 16.1. The van der Waals surface area contributed by atoms with Gasteiger partial charge in [0.15, 0.2) is 0 Å². The third kappa shape index (κ3) is 7.47. The van der Waals surface area contributed by atoms with Gasteiger partial charge in [-0.15, -0.1) is 0 Å². The van der Waals surface area contributed by atoms with Gasteiger partial charge < -0.3 is 29.7 Å². The maximum Gasteiger partial charge on any atom is 0.321 e. The minimum absolute atomic E-state index is 0.0448. The van der Waals surface area contributed by atoms with Crippen molar-refractivity contribution in [3.05, 3.63) is 54.1 Å². The van der Waals surface area contributed by atoms with E-state index < -0.39 is 0 Å². The van der Waals surface area contributed by atoms with E-state index in [1.807, 2.05) is 55.5 Å². The molecule has 1 saturated heterocycles. The van der Waals surface area contributed by atoms with Crippen molar-refractivity contribution in [2.24, 2.45) is 5.92 Å². The van der Waals surface area contributed by atoms with Gasteiger partial charge in [-0.2, -0.15) is 0 Å². The lowest BCUT2D eigenvalue weighted by atomic mass is 9.96. The van der Waals surface area contributed by atoms with Gasteiger partial charge in [-0.3, -0.25) is 4.79 Å². The second-order valence-corrected chi connectivity index (χ2v) is 7.83. The number of hydrogen-bond donors (Lipinski definition) is 2. The minimum atomic E-state index is -0.159. The fourth-order valence-corrected chi connectivity index (χ4v) is 3.72. The number of rotatable bonds is 10. The van der Waals surface area contributed by atoms with E-state index in [-0.39, 0.29) is 17.9 Å². The van der Waals surface area contributed by atoms with Crippen LogP contribution in [0.3, 0.4) is 0 Å². The highest BCUT2D eigenvalue weighted by atomic mass is 16.5. The number of amides is 3. The van der Waals surface area contributed by atoms with Gasteiger partial charge in [0.2, 0.25) is 5.91 Å². The van der Waals surface area contributed by atoms with Gasteiger partial charge in [0.05, 0.1) is 32.6 Å². The Labute approximate surface area is 195 Å². The average molecular weight is 456 g/mol. The zero-order chi connectivity index (χ0) is 23.5. The molecular weight excluding hydrogens is 422 g/mol. The third-order valence-corrected chi connectivity index (χ3v) is 5.54. The number of carbonyl (C=O) groups excluding carboxylic acids is 2. The Hall–Kier alpha value is -3.10. The molecule has 0 atom stereocenters. The van der Waals surface area contributed by atoms with Crippen molar-refractivity contribution in [1.82, 2.24) is 4.90 Å². The maximum atomic E-state index is 12.7. The monoisotopic (exact) mass is 455 g/mol. The minimum Gasteiger partial charge on any atom is -0.495 e. The van der Waals surface area contributed by atoms with E-state index in [9.17, 15) is 9.59 Å². The highest BCUT2D eigenvalue weighted by molar-refractivity contribution is 5.94. The third-order valence-electron chi connectivity index (χ3n) is 5.54. The Morgan fingerprint density at radius 2 is 1.76 bits per heavy atom. The standard InChI is InChI=1S/C25H33N3O5/c1-3-32-15-16-33-18-19-7-6-8-21(17-19)26-25(30)28-13-11-20(12-14-28)24(29)27-22-9-4-5-10-23(22)31-2/h4-10,17,20H,3,11-16,18H2,1-2H3,(H,26,30)(H,27,29). The summed E-state index contributed by atoms with van der Waals surface area (Å²) < 4.78 is 16.1. The summed E-state index contributed by atoms with van der Waals surface area (Å²) in [4.78, 5) is 27.1. The van der Waals surface area contributed by atoms with Crippen LogP contribution in [0.25, 0.3) is 0 Å². The molecule has 3 amide bonds. The second kappa shape index (κ2) is 12.8. The summed E-state index contributed by atoms with van der Waals surface area (Å²) in [6.07, 6.45) is 1.23. The molecular formula is C25H33N3O5. The smallest absolute Gasteiger partial charge is 0.321 e. The van der Waals surface area contributed by atoms with Crippen molar-refractivity contribution in [3.8, 4) is 5.75 Å². The molecule has 0 radical (unpaired) electrons. The number of urea groups is 1. The summed E-state index contributed by atoms with van der Waals surface area (Å²) in [5, 5.41) is 5.90. The number of hydrogen-bond acceptors (Lipinski definition) is 5. The van der Waals surface area contributed by atoms with Crippen molar-refractivity contribution in [1.29, 1.82) is 0 Å². The molecule has 0 spiro atoms. The number of nitrogens with zero attached hydrogens (tertiary/aromatic N) is 1. The van der Waals surface area contributed by atoms with Crippen LogP contribution < -0.4 is 15.4 Å². The van der Waals surface area contributed by atoms with Crippen molar-refractivity contribution in [2.45, 2.75) is 26.4 Å². The zero-order valence-electron chi connectivity index (χ0n) is 19.3. The molecule has 2 aromatic carbocycles. The fraction of sp³-hybridized carbons (Fsp3) is 0.440. The van der Waals surface area contributed by atoms with E-state index in [1.54, 1.807) is 12.0 Å². The predicted octanol–water partition coefficient (Wildman–Crippen LogP) is 4.13. The highest BCUT2D eigenvalue weighted by Gasteiger charge is 2.28. The highest BCUT2D eigenvalue weighted by Crippen LogP contribution is 2.26. The van der Waals surface area contributed by atoms with Crippen molar-refractivity contribution < 1.29 is 23.8 Å². The molecule has 3 rings (SSSR count).